The van der Waals surface area contributed by atoms with Gasteiger partial charge in [-0.25, -0.2) is 4.68 Å². The number of aromatic nitrogens is 3. The standard InChI is InChI=1S/C18H17N5OS/c1-11-8-9-14(25-11)16-15(12(2)21-18-19-10-20-23(16)18)17(24)22-13-6-4-3-5-7-13/h3-10,16H,1-2H3,(H,22,24)(H,19,20,21)/t16-/m1/s1. The summed E-state index contributed by atoms with van der Waals surface area (Å²) < 4.78 is 1.76. The van der Waals surface area contributed by atoms with Gasteiger partial charge in [0.05, 0.1) is 5.57 Å². The number of hydrogen-bond donors (Lipinski definition) is 2. The second kappa shape index (κ2) is 6.18. The van der Waals surface area contributed by atoms with E-state index in [1.807, 2.05) is 43.3 Å². The highest BCUT2D eigenvalue weighted by atomic mass is 32.1. The molecule has 3 aromatic rings. The average Bonchev–Trinajstić information content (AvgIpc) is 3.23. The van der Waals surface area contributed by atoms with Gasteiger partial charge >= 0.3 is 0 Å². The van der Waals surface area contributed by atoms with Gasteiger partial charge in [0.15, 0.2) is 0 Å². The van der Waals surface area contributed by atoms with Crippen LogP contribution < -0.4 is 10.6 Å². The van der Waals surface area contributed by atoms with E-state index in [0.717, 1.165) is 16.3 Å². The van der Waals surface area contributed by atoms with Crippen LogP contribution in [0.25, 0.3) is 0 Å². The third-order valence-corrected chi connectivity index (χ3v) is 5.15. The molecule has 25 heavy (non-hydrogen) atoms. The number of rotatable bonds is 3. The number of amides is 1. The number of para-hydroxylation sites is 1. The van der Waals surface area contributed by atoms with Crippen LogP contribution in [0.3, 0.4) is 0 Å². The molecular weight excluding hydrogens is 334 g/mol. The van der Waals surface area contributed by atoms with Crippen molar-refractivity contribution in [2.24, 2.45) is 0 Å². The zero-order chi connectivity index (χ0) is 17.4. The van der Waals surface area contributed by atoms with Crippen molar-refractivity contribution in [2.45, 2.75) is 19.9 Å². The van der Waals surface area contributed by atoms with Crippen molar-refractivity contribution in [2.75, 3.05) is 10.6 Å². The number of hydrogen-bond acceptors (Lipinski definition) is 5. The third-order valence-electron chi connectivity index (χ3n) is 4.10. The Labute approximate surface area is 149 Å². The van der Waals surface area contributed by atoms with Crippen LogP contribution >= 0.6 is 11.3 Å². The molecule has 0 spiro atoms. The number of carbonyl (C=O) groups excluding carboxylic acids is 1. The molecule has 2 N–H and O–H groups in total. The molecule has 126 valence electrons. The summed E-state index contributed by atoms with van der Waals surface area (Å²) >= 11 is 1.66. The summed E-state index contributed by atoms with van der Waals surface area (Å²) in [4.78, 5) is 19.5. The monoisotopic (exact) mass is 351 g/mol. The summed E-state index contributed by atoms with van der Waals surface area (Å²) in [7, 11) is 0. The van der Waals surface area contributed by atoms with Crippen molar-refractivity contribution in [1.29, 1.82) is 0 Å². The molecule has 2 aromatic heterocycles. The molecule has 6 nitrogen and oxygen atoms in total. The summed E-state index contributed by atoms with van der Waals surface area (Å²) in [6, 6.07) is 13.3. The van der Waals surface area contributed by atoms with Gasteiger partial charge in [0.25, 0.3) is 5.91 Å². The first-order valence-electron chi connectivity index (χ1n) is 7.93. The Balaban J connectivity index is 1.76. The largest absolute Gasteiger partial charge is 0.328 e. The molecule has 0 saturated carbocycles. The Bertz CT molecular complexity index is 957. The molecule has 1 atom stereocenters. The fraction of sp³-hybridized carbons (Fsp3) is 0.167. The zero-order valence-electron chi connectivity index (χ0n) is 13.9. The Morgan fingerprint density at radius 3 is 2.72 bits per heavy atom. The fourth-order valence-corrected chi connectivity index (χ4v) is 3.94. The molecule has 1 aromatic carbocycles. The van der Waals surface area contributed by atoms with Crippen LogP contribution in [-0.4, -0.2) is 20.7 Å². The molecule has 1 amide bonds. The summed E-state index contributed by atoms with van der Waals surface area (Å²) in [6.45, 7) is 3.95. The number of aryl methyl sites for hydroxylation is 1. The predicted octanol–water partition coefficient (Wildman–Crippen LogP) is 3.58. The van der Waals surface area contributed by atoms with E-state index in [-0.39, 0.29) is 11.9 Å². The van der Waals surface area contributed by atoms with Crippen LogP contribution in [0.15, 0.2) is 60.1 Å². The Morgan fingerprint density at radius 2 is 2.00 bits per heavy atom. The highest BCUT2D eigenvalue weighted by Gasteiger charge is 2.34. The van der Waals surface area contributed by atoms with E-state index in [1.54, 1.807) is 16.0 Å². The number of thiophene rings is 1. The number of fused-ring (bicyclic) bond motifs is 1. The molecule has 0 aliphatic carbocycles. The van der Waals surface area contributed by atoms with E-state index < -0.39 is 0 Å². The van der Waals surface area contributed by atoms with Crippen LogP contribution in [-0.2, 0) is 4.79 Å². The Morgan fingerprint density at radius 1 is 1.20 bits per heavy atom. The van der Waals surface area contributed by atoms with E-state index in [0.29, 0.717) is 11.5 Å². The van der Waals surface area contributed by atoms with Gasteiger partial charge in [0.1, 0.15) is 12.4 Å². The van der Waals surface area contributed by atoms with Crippen molar-refractivity contribution in [1.82, 2.24) is 14.8 Å². The molecule has 0 saturated heterocycles. The molecule has 1 aliphatic rings. The van der Waals surface area contributed by atoms with Gasteiger partial charge in [-0.15, -0.1) is 11.3 Å². The molecule has 0 unspecified atom stereocenters. The number of allylic oxidation sites excluding steroid dienone is 1. The lowest BCUT2D eigenvalue weighted by Crippen LogP contribution is -2.31. The first-order valence-corrected chi connectivity index (χ1v) is 8.75. The molecule has 0 radical (unpaired) electrons. The normalized spacial score (nSPS) is 16.3. The van der Waals surface area contributed by atoms with Crippen molar-refractivity contribution >= 4 is 28.9 Å². The Hall–Kier alpha value is -2.93. The average molecular weight is 351 g/mol. The van der Waals surface area contributed by atoms with Crippen LogP contribution in [0.4, 0.5) is 11.6 Å². The van der Waals surface area contributed by atoms with Crippen LogP contribution in [0.5, 0.6) is 0 Å². The lowest BCUT2D eigenvalue weighted by molar-refractivity contribution is -0.113. The molecule has 3 heterocycles. The molecule has 4 rings (SSSR count). The molecule has 0 bridgehead atoms. The molecule has 1 aliphatic heterocycles. The van der Waals surface area contributed by atoms with Crippen LogP contribution in [0, 0.1) is 6.92 Å². The minimum atomic E-state index is -0.291. The van der Waals surface area contributed by atoms with Crippen molar-refractivity contribution < 1.29 is 4.79 Å². The maximum atomic E-state index is 13.0. The van der Waals surface area contributed by atoms with Crippen molar-refractivity contribution in [3.8, 4) is 0 Å². The maximum absolute atomic E-state index is 13.0. The zero-order valence-corrected chi connectivity index (χ0v) is 14.7. The topological polar surface area (TPSA) is 71.8 Å². The quantitative estimate of drug-likeness (QED) is 0.757. The van der Waals surface area contributed by atoms with Crippen LogP contribution in [0.2, 0.25) is 0 Å². The van der Waals surface area contributed by atoms with Crippen molar-refractivity contribution in [3.63, 3.8) is 0 Å². The van der Waals surface area contributed by atoms with Gasteiger partial charge in [-0.3, -0.25) is 4.79 Å². The lowest BCUT2D eigenvalue weighted by Gasteiger charge is -2.27. The van der Waals surface area contributed by atoms with Gasteiger partial charge < -0.3 is 10.6 Å². The van der Waals surface area contributed by atoms with Gasteiger partial charge in [0.2, 0.25) is 5.95 Å². The lowest BCUT2D eigenvalue weighted by atomic mass is 10.0. The smallest absolute Gasteiger partial charge is 0.255 e. The Kier molecular flexibility index (Phi) is 3.85. The van der Waals surface area contributed by atoms with E-state index in [4.69, 9.17) is 0 Å². The van der Waals surface area contributed by atoms with Gasteiger partial charge in [-0.1, -0.05) is 18.2 Å². The van der Waals surface area contributed by atoms with E-state index in [1.165, 1.54) is 11.2 Å². The van der Waals surface area contributed by atoms with E-state index in [2.05, 4.69) is 33.7 Å². The maximum Gasteiger partial charge on any atom is 0.255 e. The summed E-state index contributed by atoms with van der Waals surface area (Å²) in [6.07, 6.45) is 1.50. The van der Waals surface area contributed by atoms with Gasteiger partial charge in [-0.2, -0.15) is 10.1 Å². The van der Waals surface area contributed by atoms with E-state index >= 15 is 0 Å². The second-order valence-electron chi connectivity index (χ2n) is 5.86. The highest BCUT2D eigenvalue weighted by molar-refractivity contribution is 7.12. The molecule has 7 heteroatoms. The number of anilines is 2. The first kappa shape index (κ1) is 15.6. The number of benzene rings is 1. The minimum absolute atomic E-state index is 0.145. The summed E-state index contributed by atoms with van der Waals surface area (Å²) in [5.74, 6) is 0.498. The van der Waals surface area contributed by atoms with Gasteiger partial charge in [-0.05, 0) is 38.1 Å². The first-order chi connectivity index (χ1) is 12.1. The molecular formula is C18H17N5OS. The number of carbonyl (C=O) groups is 1. The SMILES string of the molecule is CC1=C(C(=O)Nc2ccccc2)[C@@H](c2ccc(C)s2)n2ncnc2N1. The second-order valence-corrected chi connectivity index (χ2v) is 7.18. The van der Waals surface area contributed by atoms with Crippen molar-refractivity contribution in [3.05, 3.63) is 69.8 Å². The van der Waals surface area contributed by atoms with Crippen LogP contribution in [0.1, 0.15) is 22.7 Å². The number of nitrogens with one attached hydrogen (secondary N) is 2. The fourth-order valence-electron chi connectivity index (χ4n) is 2.97. The highest BCUT2D eigenvalue weighted by Crippen LogP contribution is 2.37. The van der Waals surface area contributed by atoms with E-state index in [9.17, 15) is 4.79 Å². The number of nitrogens with zero attached hydrogens (tertiary/aromatic N) is 3. The minimum Gasteiger partial charge on any atom is -0.328 e. The summed E-state index contributed by atoms with van der Waals surface area (Å²) in [5, 5.41) is 10.5. The molecule has 0 fully saturated rings. The third kappa shape index (κ3) is 2.83. The summed E-state index contributed by atoms with van der Waals surface area (Å²) in [5.41, 5.74) is 2.19. The predicted molar refractivity (Wildman–Crippen MR) is 98.6 cm³/mol. The van der Waals surface area contributed by atoms with Gasteiger partial charge in [0, 0.05) is 21.1 Å².